The molecule has 0 aliphatic carbocycles. The number of carbonyl (C=O) groups excluding carboxylic acids is 2. The second-order valence-corrected chi connectivity index (χ2v) is 9.10. The van der Waals surface area contributed by atoms with Crippen molar-refractivity contribution in [3.05, 3.63) is 95.3 Å². The van der Waals surface area contributed by atoms with Crippen molar-refractivity contribution in [3.8, 4) is 0 Å². The zero-order chi connectivity index (χ0) is 28.2. The molecule has 1 heterocycles. The van der Waals surface area contributed by atoms with Gasteiger partial charge < -0.3 is 21.5 Å². The van der Waals surface area contributed by atoms with Crippen LogP contribution < -0.4 is 16.4 Å². The third-order valence-corrected chi connectivity index (χ3v) is 6.26. The quantitative estimate of drug-likeness (QED) is 0.195. The minimum Gasteiger partial charge on any atom is -0.397 e. The average Bonchev–Trinajstić information content (AvgIpc) is 3.31. The number of likely N-dealkylation sites (tertiary alicyclic amines) is 1. The zero-order valence-electron chi connectivity index (χ0n) is 20.6. The Balaban J connectivity index is 1.50. The highest BCUT2D eigenvalue weighted by Gasteiger charge is 2.34. The molecular formula is C28H26F4N4O3. The monoisotopic (exact) mass is 542 g/mol. The lowest BCUT2D eigenvalue weighted by atomic mass is 10.0. The van der Waals surface area contributed by atoms with Crippen molar-refractivity contribution in [2.24, 2.45) is 0 Å². The first kappa shape index (κ1) is 27.8. The van der Waals surface area contributed by atoms with Crippen molar-refractivity contribution in [1.82, 2.24) is 4.90 Å². The van der Waals surface area contributed by atoms with E-state index in [1.807, 2.05) is 0 Å². The molecule has 2 amide bonds. The van der Waals surface area contributed by atoms with E-state index >= 15 is 0 Å². The zero-order valence-corrected chi connectivity index (χ0v) is 20.6. The number of nitrogens with one attached hydrogen (secondary N) is 2. The molecule has 0 aromatic heterocycles. The summed E-state index contributed by atoms with van der Waals surface area (Å²) in [6, 6.07) is 14.5. The molecule has 11 heteroatoms. The second kappa shape index (κ2) is 11.7. The molecule has 3 aromatic rings. The molecule has 0 radical (unpaired) electrons. The number of halogens is 4. The molecule has 7 nitrogen and oxygen atoms in total. The Bertz CT molecular complexity index is 1380. The fraction of sp³-hybridized carbons (Fsp3) is 0.214. The number of anilines is 3. The predicted octanol–water partition coefficient (Wildman–Crippen LogP) is 4.83. The lowest BCUT2D eigenvalue weighted by molar-refractivity contribution is -0.137. The Hall–Kier alpha value is -4.22. The predicted molar refractivity (Wildman–Crippen MR) is 140 cm³/mol. The molecule has 5 N–H and O–H groups in total. The number of nitrogens with two attached hydrogens (primary N) is 1. The van der Waals surface area contributed by atoms with E-state index in [2.05, 4.69) is 10.6 Å². The van der Waals surface area contributed by atoms with Crippen molar-refractivity contribution in [3.63, 3.8) is 0 Å². The molecule has 0 saturated carbocycles. The summed E-state index contributed by atoms with van der Waals surface area (Å²) in [6.45, 7) is 0.581. The number of carbonyl (C=O) groups is 2. The lowest BCUT2D eigenvalue weighted by Gasteiger charge is -2.27. The number of hydrogen-bond acceptors (Lipinski definition) is 5. The smallest absolute Gasteiger partial charge is 0.397 e. The summed E-state index contributed by atoms with van der Waals surface area (Å²) in [6.07, 6.45) is -2.04. The van der Waals surface area contributed by atoms with E-state index in [1.165, 1.54) is 6.08 Å². The van der Waals surface area contributed by atoms with Gasteiger partial charge in [-0.3, -0.25) is 14.5 Å². The first-order valence-corrected chi connectivity index (χ1v) is 12.0. The first-order valence-electron chi connectivity index (χ1n) is 12.0. The van der Waals surface area contributed by atoms with E-state index in [9.17, 15) is 32.3 Å². The SMILES string of the molecule is Nc1ccccc1NC(=O)C=Cc1ccc(C(C(=O)Nc2ccc(C(F)(F)F)cc2F)N2CC[C@H](O)C2)cc1. The maximum absolute atomic E-state index is 14.4. The normalized spacial score (nSPS) is 16.8. The van der Waals surface area contributed by atoms with E-state index in [0.717, 1.165) is 6.07 Å². The van der Waals surface area contributed by atoms with Crippen LogP contribution >= 0.6 is 0 Å². The van der Waals surface area contributed by atoms with Crippen LogP contribution in [0.25, 0.3) is 6.08 Å². The Morgan fingerprint density at radius 2 is 1.74 bits per heavy atom. The van der Waals surface area contributed by atoms with E-state index in [-0.39, 0.29) is 18.1 Å². The van der Waals surface area contributed by atoms with Gasteiger partial charge >= 0.3 is 6.18 Å². The van der Waals surface area contributed by atoms with Crippen molar-refractivity contribution >= 4 is 35.0 Å². The molecule has 1 unspecified atom stereocenters. The lowest BCUT2D eigenvalue weighted by Crippen LogP contribution is -2.36. The first-order chi connectivity index (χ1) is 18.5. The number of rotatable bonds is 7. The molecule has 1 aliphatic heterocycles. The minimum absolute atomic E-state index is 0.192. The highest BCUT2D eigenvalue weighted by molar-refractivity contribution is 6.03. The molecule has 1 fully saturated rings. The number of aliphatic hydroxyl groups is 1. The average molecular weight is 543 g/mol. The number of hydrogen-bond donors (Lipinski definition) is 4. The summed E-state index contributed by atoms with van der Waals surface area (Å²) in [5, 5.41) is 15.1. The topological polar surface area (TPSA) is 108 Å². The van der Waals surface area contributed by atoms with Gasteiger partial charge in [0.25, 0.3) is 0 Å². The number of nitrogens with zero attached hydrogens (tertiary/aromatic N) is 1. The van der Waals surface area contributed by atoms with Gasteiger partial charge in [-0.05, 0) is 54.0 Å². The minimum atomic E-state index is -4.72. The van der Waals surface area contributed by atoms with Crippen LogP contribution in [0.2, 0.25) is 0 Å². The fourth-order valence-corrected chi connectivity index (χ4v) is 4.27. The molecule has 204 valence electrons. The van der Waals surface area contributed by atoms with E-state index < -0.39 is 35.6 Å². The van der Waals surface area contributed by atoms with Crippen LogP contribution in [0, 0.1) is 5.82 Å². The third-order valence-electron chi connectivity index (χ3n) is 6.26. The second-order valence-electron chi connectivity index (χ2n) is 9.10. The van der Waals surface area contributed by atoms with Gasteiger partial charge in [0.05, 0.1) is 28.7 Å². The van der Waals surface area contributed by atoms with Gasteiger partial charge in [0.15, 0.2) is 0 Å². The van der Waals surface area contributed by atoms with Gasteiger partial charge in [0, 0.05) is 19.2 Å². The molecule has 2 atom stereocenters. The molecular weight excluding hydrogens is 516 g/mol. The van der Waals surface area contributed by atoms with E-state index in [4.69, 9.17) is 5.73 Å². The van der Waals surface area contributed by atoms with Crippen molar-refractivity contribution in [2.75, 3.05) is 29.5 Å². The van der Waals surface area contributed by atoms with Crippen molar-refractivity contribution in [1.29, 1.82) is 0 Å². The summed E-state index contributed by atoms with van der Waals surface area (Å²) >= 11 is 0. The van der Waals surface area contributed by atoms with Gasteiger partial charge in [-0.2, -0.15) is 13.2 Å². The molecule has 1 aliphatic rings. The summed E-state index contributed by atoms with van der Waals surface area (Å²) < 4.78 is 53.0. The highest BCUT2D eigenvalue weighted by Crippen LogP contribution is 2.32. The van der Waals surface area contributed by atoms with Crippen LogP contribution in [-0.4, -0.2) is 41.0 Å². The number of amides is 2. The molecule has 0 spiro atoms. The van der Waals surface area contributed by atoms with Crippen LogP contribution in [0.15, 0.2) is 72.8 Å². The van der Waals surface area contributed by atoms with Crippen molar-refractivity contribution in [2.45, 2.75) is 24.7 Å². The molecule has 1 saturated heterocycles. The van der Waals surface area contributed by atoms with E-state index in [1.54, 1.807) is 59.5 Å². The van der Waals surface area contributed by atoms with Gasteiger partial charge in [-0.1, -0.05) is 36.4 Å². The number of β-amino-alcohol motifs (C(OH)–C–C–N with tert-alkyl or cyclic N) is 1. The summed E-state index contributed by atoms with van der Waals surface area (Å²) in [5.41, 5.74) is 6.36. The Morgan fingerprint density at radius 1 is 1.03 bits per heavy atom. The number of nitrogen functional groups attached to an aromatic ring is 1. The van der Waals surface area contributed by atoms with Crippen LogP contribution in [0.4, 0.5) is 34.6 Å². The Kier molecular flexibility index (Phi) is 8.32. The fourth-order valence-electron chi connectivity index (χ4n) is 4.27. The number of benzene rings is 3. The summed E-state index contributed by atoms with van der Waals surface area (Å²) in [5.74, 6) is -2.26. The Labute approximate surface area is 221 Å². The van der Waals surface area contributed by atoms with Gasteiger partial charge in [0.1, 0.15) is 11.9 Å². The Morgan fingerprint density at radius 3 is 2.36 bits per heavy atom. The highest BCUT2D eigenvalue weighted by atomic mass is 19.4. The van der Waals surface area contributed by atoms with Crippen LogP contribution in [0.5, 0.6) is 0 Å². The van der Waals surface area contributed by atoms with Crippen molar-refractivity contribution < 1.29 is 32.3 Å². The maximum atomic E-state index is 14.4. The molecule has 0 bridgehead atoms. The standard InChI is InChI=1S/C28H26F4N4O3/c29-21-15-19(28(30,31)32)10-11-23(21)35-27(39)26(36-14-13-20(37)16-36)18-8-5-17(6-9-18)7-12-25(38)34-24-4-2-1-3-22(24)33/h1-12,15,20,26,37H,13-14,16,33H2,(H,34,38)(H,35,39)/t20-,26?/m0/s1. The van der Waals surface area contributed by atoms with Crippen LogP contribution in [-0.2, 0) is 15.8 Å². The third kappa shape index (κ3) is 7.01. The largest absolute Gasteiger partial charge is 0.416 e. The van der Waals surface area contributed by atoms with Crippen LogP contribution in [0.1, 0.15) is 29.2 Å². The van der Waals surface area contributed by atoms with Gasteiger partial charge in [-0.25, -0.2) is 4.39 Å². The number of aliphatic hydroxyl groups excluding tert-OH is 1. The summed E-state index contributed by atoms with van der Waals surface area (Å²) in [7, 11) is 0. The molecule has 4 rings (SSSR count). The van der Waals surface area contributed by atoms with E-state index in [0.29, 0.717) is 47.6 Å². The van der Waals surface area contributed by atoms with Gasteiger partial charge in [-0.15, -0.1) is 0 Å². The number of alkyl halides is 3. The summed E-state index contributed by atoms with van der Waals surface area (Å²) in [4.78, 5) is 27.2. The van der Waals surface area contributed by atoms with Gasteiger partial charge in [0.2, 0.25) is 11.8 Å². The molecule has 3 aromatic carbocycles. The maximum Gasteiger partial charge on any atom is 0.416 e. The molecule has 39 heavy (non-hydrogen) atoms. The van der Waals surface area contributed by atoms with Crippen LogP contribution in [0.3, 0.4) is 0 Å². The number of para-hydroxylation sites is 2.